The van der Waals surface area contributed by atoms with E-state index in [2.05, 4.69) is 20.3 Å². The number of ether oxygens (including phenoxy) is 3. The lowest BCUT2D eigenvalue weighted by Crippen LogP contribution is -2.32. The SMILES string of the molecule is COc1ccc(C(=O)O)cc1S(=O)(=O)Nc1noc2cc(Cn3cc(CNC(=O)OC(C)(C)C)cn3)cc(OC)c12. The summed E-state index contributed by atoms with van der Waals surface area (Å²) < 4.78 is 51.7. The molecule has 0 spiro atoms. The molecule has 0 unspecified atom stereocenters. The molecule has 1 amide bonds. The maximum Gasteiger partial charge on any atom is 0.407 e. The van der Waals surface area contributed by atoms with E-state index >= 15 is 0 Å². The van der Waals surface area contributed by atoms with Gasteiger partial charge < -0.3 is 29.2 Å². The molecule has 0 aliphatic carbocycles. The van der Waals surface area contributed by atoms with Gasteiger partial charge in [-0.2, -0.15) is 5.10 Å². The van der Waals surface area contributed by atoms with Gasteiger partial charge in [0, 0.05) is 18.3 Å². The number of carboxylic acid groups (broad SMARTS) is 1. The molecule has 2 aromatic carbocycles. The molecule has 218 valence electrons. The molecule has 2 heterocycles. The molecule has 2 aromatic heterocycles. The summed E-state index contributed by atoms with van der Waals surface area (Å²) in [5, 5.41) is 20.4. The fraction of sp³-hybridized carbons (Fsp3) is 0.308. The fourth-order valence-electron chi connectivity index (χ4n) is 3.87. The van der Waals surface area contributed by atoms with Crippen molar-refractivity contribution in [2.45, 2.75) is 44.4 Å². The smallest absolute Gasteiger partial charge is 0.407 e. The minimum Gasteiger partial charge on any atom is -0.496 e. The highest BCUT2D eigenvalue weighted by Crippen LogP contribution is 2.36. The molecule has 0 saturated carbocycles. The number of alkyl carbamates (subject to hydrolysis) is 1. The van der Waals surface area contributed by atoms with Crippen molar-refractivity contribution in [2.24, 2.45) is 0 Å². The molecule has 41 heavy (non-hydrogen) atoms. The number of aromatic carboxylic acids is 1. The van der Waals surface area contributed by atoms with E-state index in [0.29, 0.717) is 12.1 Å². The molecule has 0 saturated heterocycles. The van der Waals surface area contributed by atoms with Crippen molar-refractivity contribution in [2.75, 3.05) is 18.9 Å². The molecule has 0 bridgehead atoms. The molecule has 15 heteroatoms. The lowest BCUT2D eigenvalue weighted by molar-refractivity contribution is 0.0523. The van der Waals surface area contributed by atoms with Gasteiger partial charge in [-0.3, -0.25) is 9.40 Å². The van der Waals surface area contributed by atoms with Gasteiger partial charge in [0.15, 0.2) is 11.4 Å². The minimum absolute atomic E-state index is 0.0514. The first kappa shape index (κ1) is 29.2. The van der Waals surface area contributed by atoms with Crippen molar-refractivity contribution in [3.8, 4) is 11.5 Å². The Balaban J connectivity index is 1.55. The van der Waals surface area contributed by atoms with E-state index in [1.54, 1.807) is 50.0 Å². The predicted molar refractivity (Wildman–Crippen MR) is 146 cm³/mol. The normalized spacial score (nSPS) is 11.7. The van der Waals surface area contributed by atoms with Gasteiger partial charge in [0.25, 0.3) is 10.0 Å². The number of amides is 1. The zero-order valence-corrected chi connectivity index (χ0v) is 23.7. The quantitative estimate of drug-likeness (QED) is 0.246. The van der Waals surface area contributed by atoms with Crippen molar-refractivity contribution < 1.29 is 41.8 Å². The first-order valence-electron chi connectivity index (χ1n) is 12.2. The first-order valence-corrected chi connectivity index (χ1v) is 13.7. The number of carboxylic acids is 1. The van der Waals surface area contributed by atoms with E-state index in [4.69, 9.17) is 18.7 Å². The van der Waals surface area contributed by atoms with Gasteiger partial charge in [0.2, 0.25) is 0 Å². The van der Waals surface area contributed by atoms with Crippen LogP contribution in [-0.2, 0) is 27.8 Å². The van der Waals surface area contributed by atoms with Crippen LogP contribution in [0.15, 0.2) is 52.1 Å². The van der Waals surface area contributed by atoms with Crippen LogP contribution in [-0.4, -0.2) is 60.3 Å². The van der Waals surface area contributed by atoms with Gasteiger partial charge >= 0.3 is 12.1 Å². The second-order valence-corrected chi connectivity index (χ2v) is 11.5. The molecule has 0 aliphatic heterocycles. The standard InChI is InChI=1S/C26H29N5O9S/c1-26(2,3)39-25(34)27-11-16-12-28-31(14-16)13-15-8-19(38-5)22-20(9-15)40-29-23(22)30-41(35,36)21-10-17(24(32)33)6-7-18(21)37-4/h6-10,12,14H,11,13H2,1-5H3,(H,27,34)(H,29,30)(H,32,33). The van der Waals surface area contributed by atoms with Gasteiger partial charge in [0.1, 0.15) is 27.4 Å². The van der Waals surface area contributed by atoms with E-state index in [1.165, 1.54) is 26.4 Å². The maximum atomic E-state index is 13.2. The number of anilines is 1. The van der Waals surface area contributed by atoms with Gasteiger partial charge in [0.05, 0.1) is 32.5 Å². The molecule has 0 radical (unpaired) electrons. The van der Waals surface area contributed by atoms with Crippen LogP contribution >= 0.6 is 0 Å². The third kappa shape index (κ3) is 6.87. The number of sulfonamides is 1. The minimum atomic E-state index is -4.35. The molecule has 3 N–H and O–H groups in total. The summed E-state index contributed by atoms with van der Waals surface area (Å²) >= 11 is 0. The molecule has 4 aromatic rings. The summed E-state index contributed by atoms with van der Waals surface area (Å²) in [6, 6.07) is 6.82. The van der Waals surface area contributed by atoms with Crippen molar-refractivity contribution in [3.05, 3.63) is 59.4 Å². The number of fused-ring (bicyclic) bond motifs is 1. The van der Waals surface area contributed by atoms with E-state index in [9.17, 15) is 23.1 Å². The molecule has 0 aliphatic rings. The van der Waals surface area contributed by atoms with Crippen molar-refractivity contribution >= 4 is 38.9 Å². The zero-order chi connectivity index (χ0) is 29.9. The highest BCUT2D eigenvalue weighted by Gasteiger charge is 2.26. The molecule has 0 fully saturated rings. The largest absolute Gasteiger partial charge is 0.496 e. The lowest BCUT2D eigenvalue weighted by atomic mass is 10.1. The van der Waals surface area contributed by atoms with E-state index in [-0.39, 0.29) is 45.3 Å². The molecule has 4 rings (SSSR count). The van der Waals surface area contributed by atoms with Crippen LogP contribution in [0.2, 0.25) is 0 Å². The summed E-state index contributed by atoms with van der Waals surface area (Å²) in [4.78, 5) is 22.9. The Morgan fingerprint density at radius 1 is 1.07 bits per heavy atom. The fourth-order valence-corrected chi connectivity index (χ4v) is 5.08. The zero-order valence-electron chi connectivity index (χ0n) is 22.9. The van der Waals surface area contributed by atoms with E-state index < -0.39 is 27.7 Å². The number of aromatic nitrogens is 3. The average Bonchev–Trinajstić information content (AvgIpc) is 3.52. The van der Waals surface area contributed by atoms with Crippen LogP contribution < -0.4 is 19.5 Å². The Kier molecular flexibility index (Phi) is 8.10. The Labute approximate surface area is 235 Å². The number of nitrogens with one attached hydrogen (secondary N) is 2. The summed E-state index contributed by atoms with van der Waals surface area (Å²) in [6.45, 7) is 5.86. The van der Waals surface area contributed by atoms with Gasteiger partial charge in [-0.1, -0.05) is 5.16 Å². The predicted octanol–water partition coefficient (Wildman–Crippen LogP) is 3.61. The van der Waals surface area contributed by atoms with Crippen LogP contribution in [0.25, 0.3) is 11.0 Å². The first-order chi connectivity index (χ1) is 19.3. The van der Waals surface area contributed by atoms with Gasteiger partial charge in [-0.15, -0.1) is 0 Å². The second kappa shape index (κ2) is 11.4. The summed E-state index contributed by atoms with van der Waals surface area (Å²) in [5.74, 6) is -1.22. The van der Waals surface area contributed by atoms with E-state index in [0.717, 1.165) is 11.6 Å². The number of hydrogen-bond donors (Lipinski definition) is 3. The molecule has 0 atom stereocenters. The summed E-state index contributed by atoms with van der Waals surface area (Å²) in [7, 11) is -1.66. The molecular formula is C26H29N5O9S. The second-order valence-electron chi connectivity index (χ2n) is 9.88. The van der Waals surface area contributed by atoms with Crippen LogP contribution in [0.5, 0.6) is 11.5 Å². The van der Waals surface area contributed by atoms with Crippen molar-refractivity contribution in [1.29, 1.82) is 0 Å². The Morgan fingerprint density at radius 2 is 1.80 bits per heavy atom. The van der Waals surface area contributed by atoms with E-state index in [1.807, 2.05) is 0 Å². The highest BCUT2D eigenvalue weighted by molar-refractivity contribution is 7.92. The van der Waals surface area contributed by atoms with Crippen LogP contribution in [0, 0.1) is 0 Å². The van der Waals surface area contributed by atoms with Gasteiger partial charge in [-0.05, 0) is 56.7 Å². The third-order valence-corrected chi connectivity index (χ3v) is 6.98. The van der Waals surface area contributed by atoms with Crippen LogP contribution in [0.1, 0.15) is 42.3 Å². The average molecular weight is 588 g/mol. The Bertz CT molecular complexity index is 1700. The van der Waals surface area contributed by atoms with Gasteiger partial charge in [-0.25, -0.2) is 18.0 Å². The van der Waals surface area contributed by atoms with Crippen LogP contribution in [0.4, 0.5) is 10.6 Å². The Hall–Kier alpha value is -4.79. The third-order valence-electron chi connectivity index (χ3n) is 5.62. The number of benzene rings is 2. The Morgan fingerprint density at radius 3 is 2.46 bits per heavy atom. The number of carbonyl (C=O) groups is 2. The topological polar surface area (TPSA) is 184 Å². The summed E-state index contributed by atoms with van der Waals surface area (Å²) in [5.41, 5.74) is 0.862. The number of rotatable bonds is 10. The number of hydrogen-bond acceptors (Lipinski definition) is 10. The van der Waals surface area contributed by atoms with Crippen molar-refractivity contribution in [3.63, 3.8) is 0 Å². The maximum absolute atomic E-state index is 13.2. The number of carbonyl (C=O) groups excluding carboxylic acids is 1. The highest BCUT2D eigenvalue weighted by atomic mass is 32.2. The van der Waals surface area contributed by atoms with Crippen molar-refractivity contribution in [1.82, 2.24) is 20.3 Å². The monoisotopic (exact) mass is 587 g/mol. The number of nitrogens with zero attached hydrogens (tertiary/aromatic N) is 3. The lowest BCUT2D eigenvalue weighted by Gasteiger charge is -2.19. The summed E-state index contributed by atoms with van der Waals surface area (Å²) in [6.07, 6.45) is 2.83. The molecule has 14 nitrogen and oxygen atoms in total. The number of methoxy groups -OCH3 is 2. The van der Waals surface area contributed by atoms with Crippen LogP contribution in [0.3, 0.4) is 0 Å². The molecular weight excluding hydrogens is 558 g/mol.